The van der Waals surface area contributed by atoms with E-state index >= 15 is 0 Å². The molecule has 1 rings (SSSR count). The zero-order valence-corrected chi connectivity index (χ0v) is 12.8. The quantitative estimate of drug-likeness (QED) is 0.443. The van der Waals surface area contributed by atoms with Gasteiger partial charge in [-0.3, -0.25) is 4.79 Å². The second-order valence-corrected chi connectivity index (χ2v) is 4.73. The summed E-state index contributed by atoms with van der Waals surface area (Å²) in [4.78, 5) is 12.6. The van der Waals surface area contributed by atoms with Crippen molar-refractivity contribution in [3.63, 3.8) is 0 Å². The number of nitrogens with zero attached hydrogens (tertiary/aromatic N) is 1. The van der Waals surface area contributed by atoms with Gasteiger partial charge >= 0.3 is 5.97 Å². The molecule has 5 heteroatoms. The third-order valence-corrected chi connectivity index (χ3v) is 2.91. The van der Waals surface area contributed by atoms with Crippen molar-refractivity contribution in [1.29, 1.82) is 5.26 Å². The van der Waals surface area contributed by atoms with Crippen LogP contribution in [-0.2, 0) is 4.79 Å². The molecule has 0 unspecified atom stereocenters. The number of halogens is 2. The van der Waals surface area contributed by atoms with Gasteiger partial charge < -0.3 is 4.74 Å². The Morgan fingerprint density at radius 1 is 1.35 bits per heavy atom. The molecule has 0 N–H and O–H groups in total. The lowest BCUT2D eigenvalue weighted by atomic mass is 10.1. The van der Waals surface area contributed by atoms with Crippen LogP contribution in [0.3, 0.4) is 0 Å². The van der Waals surface area contributed by atoms with Crippen LogP contribution in [0.5, 0.6) is 5.75 Å². The number of hydrogen-bond acceptors (Lipinski definition) is 3. The summed E-state index contributed by atoms with van der Waals surface area (Å²) in [5.41, 5.74) is 0.0807. The molecule has 0 saturated heterocycles. The second kappa shape index (κ2) is 9.15. The van der Waals surface area contributed by atoms with Crippen LogP contribution in [0.15, 0.2) is 21.1 Å². The van der Waals surface area contributed by atoms with Crippen molar-refractivity contribution >= 4 is 37.8 Å². The van der Waals surface area contributed by atoms with Crippen molar-refractivity contribution in [2.24, 2.45) is 0 Å². The number of carbonyl (C=O) groups excluding carboxylic acids is 1. The van der Waals surface area contributed by atoms with Crippen LogP contribution in [-0.4, -0.2) is 5.97 Å². The Balaban J connectivity index is 3.57. The molecule has 0 radical (unpaired) electrons. The smallest absolute Gasteiger partial charge is 0.311 e. The molecular formula is C15H17Br2NO2. The summed E-state index contributed by atoms with van der Waals surface area (Å²) in [6.45, 7) is -3.82. The minimum Gasteiger partial charge on any atom is -0.424 e. The number of rotatable bonds is 7. The maximum absolute atomic E-state index is 12.6. The van der Waals surface area contributed by atoms with Gasteiger partial charge in [-0.05, 0) is 50.4 Å². The first kappa shape index (κ1) is 5.40. The molecule has 0 heterocycles. The average Bonchev–Trinajstić information content (AvgIpc) is 2.68. The van der Waals surface area contributed by atoms with Gasteiger partial charge in [-0.15, -0.1) is 0 Å². The van der Waals surface area contributed by atoms with Gasteiger partial charge in [-0.2, -0.15) is 5.26 Å². The zero-order valence-electron chi connectivity index (χ0n) is 24.7. The van der Waals surface area contributed by atoms with E-state index < -0.39 is 56.8 Å². The summed E-state index contributed by atoms with van der Waals surface area (Å²) in [6, 6.07) is 4.12. The topological polar surface area (TPSA) is 50.1 Å². The molecule has 0 fully saturated rings. The maximum Gasteiger partial charge on any atom is 0.311 e. The second-order valence-electron chi connectivity index (χ2n) is 3.02. The highest BCUT2D eigenvalue weighted by Crippen LogP contribution is 2.34. The molecule has 0 aliphatic heterocycles. The van der Waals surface area contributed by atoms with Crippen LogP contribution in [0.2, 0.25) is 0 Å². The average molecular weight is 418 g/mol. The van der Waals surface area contributed by atoms with Gasteiger partial charge in [0.2, 0.25) is 0 Å². The minimum atomic E-state index is -4.34. The fourth-order valence-corrected chi connectivity index (χ4v) is 2.36. The summed E-state index contributed by atoms with van der Waals surface area (Å²) in [5, 5.41) is 8.96. The van der Waals surface area contributed by atoms with Crippen molar-refractivity contribution in [1.82, 2.24) is 0 Å². The molecule has 0 amide bonds. The third kappa shape index (κ3) is 5.64. The molecule has 0 aliphatic carbocycles. The van der Waals surface area contributed by atoms with Crippen LogP contribution in [0.4, 0.5) is 0 Å². The first-order valence-corrected chi connectivity index (χ1v) is 6.45. The number of nitriles is 1. The van der Waals surface area contributed by atoms with Crippen LogP contribution in [0.1, 0.15) is 71.2 Å². The van der Waals surface area contributed by atoms with Gasteiger partial charge in [0.05, 0.1) is 20.6 Å². The fraction of sp³-hybridized carbons (Fsp3) is 0.467. The molecule has 1 aromatic rings. The normalized spacial score (nSPS) is 26.1. The Bertz CT molecular complexity index is 1020. The Labute approximate surface area is 157 Å². The lowest BCUT2D eigenvalue weighted by Gasteiger charge is -2.09. The number of esters is 1. The van der Waals surface area contributed by atoms with E-state index in [9.17, 15) is 4.79 Å². The van der Waals surface area contributed by atoms with Crippen LogP contribution >= 0.6 is 31.9 Å². The van der Waals surface area contributed by atoms with Crippen molar-refractivity contribution < 1.29 is 30.1 Å². The standard InChI is InChI=1S/C15H17Br2NO2/c1-2-3-4-5-6-7-14(19)20-15-12(16)8-11(10-18)9-13(15)17/h8-9H,2-7H2,1H3/i1D3,2D2,3D2,4D2,5D2,6D2,7D2. The minimum absolute atomic E-state index is 0.0614. The van der Waals surface area contributed by atoms with Crippen LogP contribution < -0.4 is 4.74 Å². The Kier molecular flexibility index (Phi) is 2.47. The van der Waals surface area contributed by atoms with Gasteiger partial charge in [0.1, 0.15) is 0 Å². The molecule has 1 aromatic carbocycles. The first-order valence-electron chi connectivity index (χ1n) is 12.4. The SMILES string of the molecule is [2H]C([2H])([2H])C([2H])([2H])C([2H])([2H])C([2H])([2H])C([2H])([2H])C([2H])([2H])C([2H])([2H])C(=O)Oc1c(Br)cc(C#N)cc1Br. The summed E-state index contributed by atoms with van der Waals surface area (Å²) in [7, 11) is 0. The fourth-order valence-electron chi connectivity index (χ4n) is 1.02. The lowest BCUT2D eigenvalue weighted by molar-refractivity contribution is -0.134. The Morgan fingerprint density at radius 2 is 2.00 bits per heavy atom. The lowest BCUT2D eigenvalue weighted by Crippen LogP contribution is -2.08. The van der Waals surface area contributed by atoms with Gasteiger partial charge in [-0.25, -0.2) is 0 Å². The highest BCUT2D eigenvalue weighted by molar-refractivity contribution is 9.11. The van der Waals surface area contributed by atoms with Crippen molar-refractivity contribution in [2.45, 2.75) is 45.1 Å². The Hall–Kier alpha value is -0.860. The molecule has 20 heavy (non-hydrogen) atoms. The van der Waals surface area contributed by atoms with Crippen LogP contribution in [0.25, 0.3) is 0 Å². The molecule has 0 aliphatic rings. The van der Waals surface area contributed by atoms with E-state index in [2.05, 4.69) is 31.9 Å². The van der Waals surface area contributed by atoms with E-state index in [0.29, 0.717) is 0 Å². The molecule has 0 saturated carbocycles. The van der Waals surface area contributed by atoms with E-state index in [1.54, 1.807) is 6.07 Å². The van der Waals surface area contributed by atoms with Gasteiger partial charge in [0.15, 0.2) is 5.75 Å². The van der Waals surface area contributed by atoms with E-state index in [1.807, 2.05) is 0 Å². The summed E-state index contributed by atoms with van der Waals surface area (Å²) < 4.78 is 120. The van der Waals surface area contributed by atoms with Crippen molar-refractivity contribution in [3.05, 3.63) is 26.6 Å². The summed E-state index contributed by atoms with van der Waals surface area (Å²) in [6.07, 6.45) is -25.3. The van der Waals surface area contributed by atoms with Crippen molar-refractivity contribution in [3.8, 4) is 11.8 Å². The number of carbonyl (C=O) groups is 1. The highest BCUT2D eigenvalue weighted by Gasteiger charge is 2.13. The summed E-state index contributed by atoms with van der Waals surface area (Å²) >= 11 is 5.94. The van der Waals surface area contributed by atoms with Gasteiger partial charge in [0.25, 0.3) is 0 Å². The van der Waals surface area contributed by atoms with E-state index in [-0.39, 0.29) is 14.5 Å². The predicted octanol–water partition coefficient (Wildman–Crippen LogP) is 5.35. The zero-order chi connectivity index (χ0) is 28.2. The van der Waals surface area contributed by atoms with Crippen LogP contribution in [0, 0.1) is 11.3 Å². The molecule has 108 valence electrons. The summed E-state index contributed by atoms with van der Waals surface area (Å²) in [5.74, 6) is -2.51. The van der Waals surface area contributed by atoms with E-state index in [1.165, 1.54) is 12.1 Å². The third-order valence-electron chi connectivity index (χ3n) is 1.74. The number of hydrogen-bond donors (Lipinski definition) is 0. The molecule has 0 bridgehead atoms. The monoisotopic (exact) mass is 416 g/mol. The molecule has 0 aromatic heterocycles. The van der Waals surface area contributed by atoms with Crippen molar-refractivity contribution in [2.75, 3.05) is 0 Å². The van der Waals surface area contributed by atoms with Gasteiger partial charge in [-0.1, -0.05) is 32.3 Å². The number of benzene rings is 1. The molecule has 0 atom stereocenters. The largest absolute Gasteiger partial charge is 0.424 e. The van der Waals surface area contributed by atoms with E-state index in [4.69, 9.17) is 30.6 Å². The first-order chi connectivity index (χ1) is 15.3. The molecule has 3 nitrogen and oxygen atoms in total. The predicted molar refractivity (Wildman–Crippen MR) is 85.6 cm³/mol. The maximum atomic E-state index is 12.6. The van der Waals surface area contributed by atoms with E-state index in [0.717, 1.165) is 0 Å². The molecular weight excluding hydrogens is 386 g/mol. The highest BCUT2D eigenvalue weighted by atomic mass is 79.9. The molecule has 0 spiro atoms. The van der Waals surface area contributed by atoms with Gasteiger partial charge in [0, 0.05) is 26.9 Å². The Morgan fingerprint density at radius 3 is 2.60 bits per heavy atom. The number of ether oxygens (including phenoxy) is 1.